The fourth-order valence-corrected chi connectivity index (χ4v) is 2.33. The zero-order valence-corrected chi connectivity index (χ0v) is 12.0. The first kappa shape index (κ1) is 14.3. The Morgan fingerprint density at radius 2 is 1.95 bits per heavy atom. The van der Waals surface area contributed by atoms with Crippen molar-refractivity contribution in [2.45, 2.75) is 19.9 Å². The second-order valence-electron chi connectivity index (χ2n) is 4.62. The van der Waals surface area contributed by atoms with Gasteiger partial charge in [0.2, 0.25) is 0 Å². The minimum absolute atomic E-state index is 0.196. The molecule has 1 aromatic carbocycles. The molecule has 0 saturated carbocycles. The number of carbonyl (C=O) groups is 1. The largest absolute Gasteiger partial charge is 0.465 e. The van der Waals surface area contributed by atoms with E-state index in [0.29, 0.717) is 10.7 Å². The van der Waals surface area contributed by atoms with E-state index in [4.69, 9.17) is 11.6 Å². The molecule has 0 fully saturated rings. The molecule has 5 heteroatoms. The van der Waals surface area contributed by atoms with Crippen molar-refractivity contribution in [3.63, 3.8) is 0 Å². The van der Waals surface area contributed by atoms with Crippen LogP contribution in [0, 0.1) is 0 Å². The van der Waals surface area contributed by atoms with Gasteiger partial charge in [0.15, 0.2) is 0 Å². The molecule has 0 saturated heterocycles. The summed E-state index contributed by atoms with van der Waals surface area (Å²) in [7, 11) is 0. The lowest BCUT2D eigenvalue weighted by atomic mass is 10.0. The molecule has 0 spiro atoms. The summed E-state index contributed by atoms with van der Waals surface area (Å²) in [5.41, 5.74) is 2.07. The number of hydrogen-bond donors (Lipinski definition) is 1. The molecule has 0 aliphatic heterocycles. The molecule has 1 heterocycles. The number of benzene rings is 1. The maximum Gasteiger partial charge on any atom is 0.412 e. The Morgan fingerprint density at radius 1 is 1.25 bits per heavy atom. The monoisotopic (exact) mass is 290 g/mol. The van der Waals surface area contributed by atoms with Crippen molar-refractivity contribution >= 4 is 23.4 Å². The summed E-state index contributed by atoms with van der Waals surface area (Å²) < 4.78 is 0. The lowest BCUT2D eigenvalue weighted by Crippen LogP contribution is -2.36. The van der Waals surface area contributed by atoms with Gasteiger partial charge in [-0.05, 0) is 26.0 Å². The van der Waals surface area contributed by atoms with E-state index in [1.54, 1.807) is 24.5 Å². The number of hydrogen-bond acceptors (Lipinski definition) is 2. The molecule has 2 aromatic rings. The molecule has 1 N–H and O–H groups in total. The predicted octanol–water partition coefficient (Wildman–Crippen LogP) is 4.29. The van der Waals surface area contributed by atoms with E-state index in [9.17, 15) is 9.90 Å². The van der Waals surface area contributed by atoms with Crippen LogP contribution in [0.15, 0.2) is 42.7 Å². The zero-order valence-electron chi connectivity index (χ0n) is 11.2. The van der Waals surface area contributed by atoms with Crippen LogP contribution in [0.5, 0.6) is 0 Å². The highest BCUT2D eigenvalue weighted by molar-refractivity contribution is 6.33. The SMILES string of the molecule is CC(C)N(C(=O)O)c1cnccc1-c1ccccc1Cl. The maximum absolute atomic E-state index is 11.5. The molecule has 0 aliphatic rings. The van der Waals surface area contributed by atoms with E-state index in [0.717, 1.165) is 11.1 Å². The van der Waals surface area contributed by atoms with Gasteiger partial charge in [-0.3, -0.25) is 9.88 Å². The van der Waals surface area contributed by atoms with Crippen LogP contribution in [-0.2, 0) is 0 Å². The number of halogens is 1. The topological polar surface area (TPSA) is 53.4 Å². The Labute approximate surface area is 122 Å². The van der Waals surface area contributed by atoms with E-state index in [-0.39, 0.29) is 6.04 Å². The standard InChI is InChI=1S/C15H15ClN2O2/c1-10(2)18(15(19)20)14-9-17-8-7-12(14)11-5-3-4-6-13(11)16/h3-10H,1-2H3,(H,19,20). The van der Waals surface area contributed by atoms with Crippen molar-refractivity contribution in [2.24, 2.45) is 0 Å². The molecule has 20 heavy (non-hydrogen) atoms. The van der Waals surface area contributed by atoms with Crippen LogP contribution < -0.4 is 4.90 Å². The van der Waals surface area contributed by atoms with E-state index in [1.807, 2.05) is 32.0 Å². The highest BCUT2D eigenvalue weighted by Gasteiger charge is 2.22. The molecular weight excluding hydrogens is 276 g/mol. The van der Waals surface area contributed by atoms with E-state index < -0.39 is 6.09 Å². The molecule has 104 valence electrons. The predicted molar refractivity (Wildman–Crippen MR) is 80.3 cm³/mol. The minimum Gasteiger partial charge on any atom is -0.465 e. The highest BCUT2D eigenvalue weighted by atomic mass is 35.5. The summed E-state index contributed by atoms with van der Waals surface area (Å²) in [6.07, 6.45) is 2.16. The van der Waals surface area contributed by atoms with E-state index in [1.165, 1.54) is 4.90 Å². The van der Waals surface area contributed by atoms with Gasteiger partial charge in [-0.2, -0.15) is 0 Å². The Balaban J connectivity index is 2.62. The van der Waals surface area contributed by atoms with Gasteiger partial charge in [-0.1, -0.05) is 29.8 Å². The van der Waals surface area contributed by atoms with Gasteiger partial charge in [0.1, 0.15) is 0 Å². The molecule has 0 radical (unpaired) electrons. The second kappa shape index (κ2) is 5.92. The van der Waals surface area contributed by atoms with Gasteiger partial charge in [-0.15, -0.1) is 0 Å². The molecule has 4 nitrogen and oxygen atoms in total. The fraction of sp³-hybridized carbons (Fsp3) is 0.200. The van der Waals surface area contributed by atoms with Crippen molar-refractivity contribution in [3.05, 3.63) is 47.7 Å². The van der Waals surface area contributed by atoms with Crippen LogP contribution >= 0.6 is 11.6 Å². The van der Waals surface area contributed by atoms with Gasteiger partial charge in [0.25, 0.3) is 0 Å². The van der Waals surface area contributed by atoms with Crippen molar-refractivity contribution < 1.29 is 9.90 Å². The number of amides is 1. The summed E-state index contributed by atoms with van der Waals surface area (Å²) >= 11 is 6.21. The van der Waals surface area contributed by atoms with Crippen molar-refractivity contribution in [2.75, 3.05) is 4.90 Å². The molecule has 2 rings (SSSR count). The van der Waals surface area contributed by atoms with Crippen LogP contribution in [0.1, 0.15) is 13.8 Å². The second-order valence-corrected chi connectivity index (χ2v) is 5.03. The van der Waals surface area contributed by atoms with Crippen LogP contribution in [-0.4, -0.2) is 22.2 Å². The third-order valence-corrected chi connectivity index (χ3v) is 3.28. The first-order valence-corrected chi connectivity index (χ1v) is 6.61. The van der Waals surface area contributed by atoms with Crippen LogP contribution in [0.25, 0.3) is 11.1 Å². The first-order chi connectivity index (χ1) is 9.52. The third kappa shape index (κ3) is 2.75. The number of nitrogens with zero attached hydrogens (tertiary/aromatic N) is 2. The van der Waals surface area contributed by atoms with Gasteiger partial charge in [0, 0.05) is 28.4 Å². The minimum atomic E-state index is -1.01. The van der Waals surface area contributed by atoms with Gasteiger partial charge < -0.3 is 5.11 Å². The highest BCUT2D eigenvalue weighted by Crippen LogP contribution is 2.35. The quantitative estimate of drug-likeness (QED) is 0.917. The average Bonchev–Trinajstić information content (AvgIpc) is 2.39. The molecular formula is C15H15ClN2O2. The normalized spacial score (nSPS) is 10.6. The third-order valence-electron chi connectivity index (χ3n) is 2.95. The molecule has 1 aromatic heterocycles. The van der Waals surface area contributed by atoms with Gasteiger partial charge in [0.05, 0.1) is 11.9 Å². The summed E-state index contributed by atoms with van der Waals surface area (Å²) in [5.74, 6) is 0. The number of pyridine rings is 1. The summed E-state index contributed by atoms with van der Waals surface area (Å²) in [5, 5.41) is 9.98. The zero-order chi connectivity index (χ0) is 14.7. The van der Waals surface area contributed by atoms with E-state index in [2.05, 4.69) is 4.98 Å². The number of rotatable bonds is 3. The number of anilines is 1. The maximum atomic E-state index is 11.5. The number of carboxylic acid groups (broad SMARTS) is 1. The van der Waals surface area contributed by atoms with Gasteiger partial charge >= 0.3 is 6.09 Å². The number of aromatic nitrogens is 1. The van der Waals surface area contributed by atoms with Crippen molar-refractivity contribution in [3.8, 4) is 11.1 Å². The summed E-state index contributed by atoms with van der Waals surface area (Å²) in [6, 6.07) is 8.92. The molecule has 1 amide bonds. The lowest BCUT2D eigenvalue weighted by Gasteiger charge is -2.25. The van der Waals surface area contributed by atoms with Crippen molar-refractivity contribution in [1.29, 1.82) is 0 Å². The summed E-state index contributed by atoms with van der Waals surface area (Å²) in [6.45, 7) is 3.63. The average molecular weight is 291 g/mol. The Hall–Kier alpha value is -2.07. The van der Waals surface area contributed by atoms with Gasteiger partial charge in [-0.25, -0.2) is 4.79 Å². The fourth-order valence-electron chi connectivity index (χ4n) is 2.09. The lowest BCUT2D eigenvalue weighted by molar-refractivity contribution is 0.200. The summed E-state index contributed by atoms with van der Waals surface area (Å²) in [4.78, 5) is 16.8. The van der Waals surface area contributed by atoms with Crippen LogP contribution in [0.2, 0.25) is 5.02 Å². The Kier molecular flexibility index (Phi) is 4.25. The van der Waals surface area contributed by atoms with Crippen LogP contribution in [0.3, 0.4) is 0 Å². The molecule has 0 aliphatic carbocycles. The Bertz CT molecular complexity index is 629. The first-order valence-electron chi connectivity index (χ1n) is 6.23. The van der Waals surface area contributed by atoms with E-state index >= 15 is 0 Å². The van der Waals surface area contributed by atoms with Crippen LogP contribution in [0.4, 0.5) is 10.5 Å². The smallest absolute Gasteiger partial charge is 0.412 e. The molecule has 0 bridgehead atoms. The molecule has 0 atom stereocenters. The molecule has 0 unspecified atom stereocenters. The van der Waals surface area contributed by atoms with Crippen molar-refractivity contribution in [1.82, 2.24) is 4.98 Å². The Morgan fingerprint density at radius 3 is 2.55 bits per heavy atom.